The van der Waals surface area contributed by atoms with Crippen LogP contribution < -0.4 is 5.73 Å². The third-order valence-electron chi connectivity index (χ3n) is 5.17. The van der Waals surface area contributed by atoms with Gasteiger partial charge in [0.25, 0.3) is 0 Å². The maximum absolute atomic E-state index is 6.17. The molecule has 0 aliphatic heterocycles. The van der Waals surface area contributed by atoms with Crippen LogP contribution in [0.2, 0.25) is 0 Å². The van der Waals surface area contributed by atoms with Crippen molar-refractivity contribution in [3.05, 3.63) is 35.2 Å². The SMILES string of the molecule is CC1CCCCC1N(C)C(CN)c1csc2ccccc12. The van der Waals surface area contributed by atoms with Gasteiger partial charge < -0.3 is 5.73 Å². The van der Waals surface area contributed by atoms with E-state index < -0.39 is 0 Å². The van der Waals surface area contributed by atoms with Gasteiger partial charge in [0, 0.05) is 23.3 Å². The molecule has 0 bridgehead atoms. The zero-order valence-corrected chi connectivity index (χ0v) is 13.9. The second kappa shape index (κ2) is 6.47. The molecular weight excluding hydrogens is 276 g/mol. The number of likely N-dealkylation sites (N-methyl/N-ethyl adjacent to an activating group) is 1. The molecule has 2 nitrogen and oxygen atoms in total. The van der Waals surface area contributed by atoms with Gasteiger partial charge in [-0.2, -0.15) is 0 Å². The average molecular weight is 302 g/mol. The molecule has 0 radical (unpaired) electrons. The van der Waals surface area contributed by atoms with Crippen molar-refractivity contribution in [2.45, 2.75) is 44.7 Å². The van der Waals surface area contributed by atoms with Gasteiger partial charge in [-0.15, -0.1) is 11.3 Å². The minimum absolute atomic E-state index is 0.340. The van der Waals surface area contributed by atoms with Crippen LogP contribution in [-0.2, 0) is 0 Å². The van der Waals surface area contributed by atoms with Crippen LogP contribution in [0.3, 0.4) is 0 Å². The van der Waals surface area contributed by atoms with Gasteiger partial charge >= 0.3 is 0 Å². The van der Waals surface area contributed by atoms with E-state index in [9.17, 15) is 0 Å². The van der Waals surface area contributed by atoms with Gasteiger partial charge in [0.1, 0.15) is 0 Å². The number of nitrogens with zero attached hydrogens (tertiary/aromatic N) is 1. The molecular formula is C18H26N2S. The fraction of sp³-hybridized carbons (Fsp3) is 0.556. The van der Waals surface area contributed by atoms with Crippen LogP contribution in [0, 0.1) is 5.92 Å². The molecule has 3 unspecified atom stereocenters. The molecule has 1 aliphatic rings. The Morgan fingerprint density at radius 1 is 1.29 bits per heavy atom. The van der Waals surface area contributed by atoms with Gasteiger partial charge in [-0.05, 0) is 48.2 Å². The lowest BCUT2D eigenvalue weighted by Gasteiger charge is -2.40. The van der Waals surface area contributed by atoms with E-state index in [-0.39, 0.29) is 0 Å². The predicted molar refractivity (Wildman–Crippen MR) is 92.8 cm³/mol. The fourth-order valence-electron chi connectivity index (χ4n) is 3.90. The quantitative estimate of drug-likeness (QED) is 0.906. The smallest absolute Gasteiger partial charge is 0.0484 e. The molecule has 1 aromatic carbocycles. The van der Waals surface area contributed by atoms with E-state index in [1.807, 2.05) is 11.3 Å². The summed E-state index contributed by atoms with van der Waals surface area (Å²) in [5, 5.41) is 3.69. The number of hydrogen-bond donors (Lipinski definition) is 1. The highest BCUT2D eigenvalue weighted by Crippen LogP contribution is 2.36. The Balaban J connectivity index is 1.90. The van der Waals surface area contributed by atoms with Gasteiger partial charge in [-0.1, -0.05) is 38.0 Å². The van der Waals surface area contributed by atoms with E-state index in [4.69, 9.17) is 5.73 Å². The lowest BCUT2D eigenvalue weighted by atomic mass is 9.84. The van der Waals surface area contributed by atoms with Gasteiger partial charge in [0.05, 0.1) is 0 Å². The molecule has 3 rings (SSSR count). The number of thiophene rings is 1. The van der Waals surface area contributed by atoms with Crippen molar-refractivity contribution in [2.24, 2.45) is 11.7 Å². The molecule has 1 fully saturated rings. The zero-order valence-electron chi connectivity index (χ0n) is 13.1. The standard InChI is InChI=1S/C18H26N2S/c1-13-7-3-5-9-16(13)20(2)17(11-19)15-12-21-18-10-6-4-8-14(15)18/h4,6,8,10,12-13,16-17H,3,5,7,9,11,19H2,1-2H3. The molecule has 1 saturated carbocycles. The van der Waals surface area contributed by atoms with Gasteiger partial charge in [-0.25, -0.2) is 0 Å². The molecule has 114 valence electrons. The highest BCUT2D eigenvalue weighted by Gasteiger charge is 2.30. The van der Waals surface area contributed by atoms with Crippen molar-refractivity contribution >= 4 is 21.4 Å². The normalized spacial score (nSPS) is 24.6. The maximum atomic E-state index is 6.17. The highest BCUT2D eigenvalue weighted by molar-refractivity contribution is 7.17. The van der Waals surface area contributed by atoms with Crippen LogP contribution >= 0.6 is 11.3 Å². The lowest BCUT2D eigenvalue weighted by Crippen LogP contribution is -2.43. The number of fused-ring (bicyclic) bond motifs is 1. The van der Waals surface area contributed by atoms with Crippen molar-refractivity contribution in [1.82, 2.24) is 4.90 Å². The third-order valence-corrected chi connectivity index (χ3v) is 6.16. The third kappa shape index (κ3) is 2.87. The largest absolute Gasteiger partial charge is 0.329 e. The minimum Gasteiger partial charge on any atom is -0.329 e. The summed E-state index contributed by atoms with van der Waals surface area (Å²) in [6.07, 6.45) is 5.42. The van der Waals surface area contributed by atoms with Crippen LogP contribution in [0.5, 0.6) is 0 Å². The van der Waals surface area contributed by atoms with Crippen LogP contribution in [0.4, 0.5) is 0 Å². The Bertz CT molecular complexity index is 592. The van der Waals surface area contributed by atoms with Gasteiger partial charge in [0.2, 0.25) is 0 Å². The van der Waals surface area contributed by atoms with E-state index in [2.05, 4.69) is 48.5 Å². The predicted octanol–water partition coefficient (Wildman–Crippen LogP) is 4.41. The summed E-state index contributed by atoms with van der Waals surface area (Å²) in [6, 6.07) is 9.71. The average Bonchev–Trinajstić information content (AvgIpc) is 2.93. The molecule has 3 heteroatoms. The molecule has 1 aliphatic carbocycles. The summed E-state index contributed by atoms with van der Waals surface area (Å²) in [5.41, 5.74) is 7.59. The summed E-state index contributed by atoms with van der Waals surface area (Å²) in [7, 11) is 2.27. The summed E-state index contributed by atoms with van der Waals surface area (Å²) >= 11 is 1.84. The molecule has 0 saturated heterocycles. The maximum Gasteiger partial charge on any atom is 0.0484 e. The van der Waals surface area contributed by atoms with Crippen molar-refractivity contribution in [1.29, 1.82) is 0 Å². The number of hydrogen-bond acceptors (Lipinski definition) is 3. The molecule has 3 atom stereocenters. The second-order valence-electron chi connectivity index (χ2n) is 6.43. The minimum atomic E-state index is 0.340. The van der Waals surface area contributed by atoms with Gasteiger partial charge in [-0.3, -0.25) is 4.90 Å². The van der Waals surface area contributed by atoms with E-state index in [0.717, 1.165) is 5.92 Å². The topological polar surface area (TPSA) is 29.3 Å². The molecule has 1 aromatic heterocycles. The molecule has 0 amide bonds. The van der Waals surface area contributed by atoms with Crippen molar-refractivity contribution in [2.75, 3.05) is 13.6 Å². The number of benzene rings is 1. The fourth-order valence-corrected chi connectivity index (χ4v) is 4.91. The van der Waals surface area contributed by atoms with Crippen molar-refractivity contribution < 1.29 is 0 Å². The first-order chi connectivity index (χ1) is 10.2. The van der Waals surface area contributed by atoms with Crippen LogP contribution in [0.25, 0.3) is 10.1 Å². The Labute approximate surface area is 131 Å². The first-order valence-electron chi connectivity index (χ1n) is 8.10. The van der Waals surface area contributed by atoms with E-state index in [1.165, 1.54) is 41.3 Å². The van der Waals surface area contributed by atoms with E-state index in [1.54, 1.807) is 0 Å². The second-order valence-corrected chi connectivity index (χ2v) is 7.34. The Hall–Kier alpha value is -0.900. The Kier molecular flexibility index (Phi) is 4.63. The lowest BCUT2D eigenvalue weighted by molar-refractivity contribution is 0.0999. The monoisotopic (exact) mass is 302 g/mol. The number of rotatable bonds is 4. The van der Waals surface area contributed by atoms with Crippen molar-refractivity contribution in [3.63, 3.8) is 0 Å². The summed E-state index contributed by atoms with van der Waals surface area (Å²) < 4.78 is 1.37. The first kappa shape index (κ1) is 15.0. The summed E-state index contributed by atoms with van der Waals surface area (Å²) in [6.45, 7) is 3.10. The Morgan fingerprint density at radius 2 is 2.05 bits per heavy atom. The van der Waals surface area contributed by atoms with Crippen molar-refractivity contribution in [3.8, 4) is 0 Å². The van der Waals surface area contributed by atoms with Crippen LogP contribution in [-0.4, -0.2) is 24.5 Å². The van der Waals surface area contributed by atoms with E-state index in [0.29, 0.717) is 18.6 Å². The molecule has 21 heavy (non-hydrogen) atoms. The summed E-state index contributed by atoms with van der Waals surface area (Å²) in [4.78, 5) is 2.55. The van der Waals surface area contributed by atoms with E-state index >= 15 is 0 Å². The van der Waals surface area contributed by atoms with Crippen LogP contribution in [0.15, 0.2) is 29.6 Å². The molecule has 2 aromatic rings. The Morgan fingerprint density at radius 3 is 2.81 bits per heavy atom. The zero-order chi connectivity index (χ0) is 14.8. The molecule has 2 N–H and O–H groups in total. The summed E-state index contributed by atoms with van der Waals surface area (Å²) in [5.74, 6) is 0.780. The number of nitrogens with two attached hydrogens (primary N) is 1. The molecule has 0 spiro atoms. The van der Waals surface area contributed by atoms with Crippen LogP contribution in [0.1, 0.15) is 44.2 Å². The molecule has 1 heterocycles. The highest BCUT2D eigenvalue weighted by atomic mass is 32.1. The first-order valence-corrected chi connectivity index (χ1v) is 8.98. The van der Waals surface area contributed by atoms with Gasteiger partial charge in [0.15, 0.2) is 0 Å².